The second kappa shape index (κ2) is 8.44. The molecule has 1 N–H and O–H groups in total. The smallest absolute Gasteiger partial charge is 0.234 e. The fourth-order valence-corrected chi connectivity index (χ4v) is 3.77. The minimum Gasteiger partial charge on any atom is -0.496 e. The van der Waals surface area contributed by atoms with Crippen molar-refractivity contribution in [3.63, 3.8) is 0 Å². The summed E-state index contributed by atoms with van der Waals surface area (Å²) in [5, 5.41) is 3.00. The Morgan fingerprint density at radius 3 is 2.93 bits per heavy atom. The van der Waals surface area contributed by atoms with Crippen LogP contribution in [0.2, 0.25) is 0 Å². The number of aromatic nitrogens is 1. The Hall–Kier alpha value is -2.86. The number of nitrogens with zero attached hydrogens (tertiary/aromatic N) is 2. The quantitative estimate of drug-likeness (QED) is 0.712. The fourth-order valence-electron chi connectivity index (χ4n) is 3.77. The topological polar surface area (TPSA) is 67.6 Å². The van der Waals surface area contributed by atoms with Gasteiger partial charge in [-0.2, -0.15) is 0 Å². The van der Waals surface area contributed by atoms with Crippen LogP contribution in [-0.4, -0.2) is 42.5 Å². The number of ether oxygens (including phenoxy) is 1. The minimum absolute atomic E-state index is 0.0177. The lowest BCUT2D eigenvalue weighted by molar-refractivity contribution is -0.122. The van der Waals surface area contributed by atoms with E-state index in [1.54, 1.807) is 7.11 Å². The highest BCUT2D eigenvalue weighted by Gasteiger charge is 2.26. The molecule has 1 aliphatic rings. The highest BCUT2D eigenvalue weighted by molar-refractivity contribution is 5.78. The Balaban J connectivity index is 1.33. The van der Waals surface area contributed by atoms with E-state index in [4.69, 9.17) is 9.15 Å². The van der Waals surface area contributed by atoms with Gasteiger partial charge in [0.2, 0.25) is 5.91 Å². The molecule has 146 valence electrons. The normalized spacial score (nSPS) is 17.5. The third-order valence-corrected chi connectivity index (χ3v) is 5.20. The lowest BCUT2D eigenvalue weighted by atomic mass is 9.98. The van der Waals surface area contributed by atoms with Crippen molar-refractivity contribution in [2.24, 2.45) is 0 Å². The van der Waals surface area contributed by atoms with Crippen molar-refractivity contribution < 1.29 is 13.9 Å². The van der Waals surface area contributed by atoms with Crippen LogP contribution in [0, 0.1) is 0 Å². The third kappa shape index (κ3) is 4.17. The van der Waals surface area contributed by atoms with E-state index in [2.05, 4.69) is 15.2 Å². The van der Waals surface area contributed by atoms with E-state index in [1.165, 1.54) is 0 Å². The maximum absolute atomic E-state index is 12.4. The molecular formula is C22H25N3O3. The maximum Gasteiger partial charge on any atom is 0.234 e. The molecule has 2 heterocycles. The summed E-state index contributed by atoms with van der Waals surface area (Å²) in [5.41, 5.74) is 2.69. The molecule has 1 amide bonds. The van der Waals surface area contributed by atoms with Gasteiger partial charge < -0.3 is 14.5 Å². The van der Waals surface area contributed by atoms with Gasteiger partial charge in [-0.3, -0.25) is 9.69 Å². The molecule has 6 nitrogen and oxygen atoms in total. The van der Waals surface area contributed by atoms with E-state index in [0.717, 1.165) is 54.2 Å². The predicted octanol–water partition coefficient (Wildman–Crippen LogP) is 3.33. The lowest BCUT2D eigenvalue weighted by Crippen LogP contribution is -2.41. The Morgan fingerprint density at radius 1 is 1.25 bits per heavy atom. The first-order valence-electron chi connectivity index (χ1n) is 9.69. The summed E-state index contributed by atoms with van der Waals surface area (Å²) in [6.45, 7) is 2.55. The van der Waals surface area contributed by atoms with Crippen molar-refractivity contribution in [2.75, 3.05) is 26.7 Å². The fraction of sp³-hybridized carbons (Fsp3) is 0.364. The van der Waals surface area contributed by atoms with Crippen LogP contribution in [0.15, 0.2) is 52.9 Å². The number of oxazole rings is 1. The van der Waals surface area contributed by atoms with Gasteiger partial charge in [0.1, 0.15) is 11.3 Å². The molecule has 0 radical (unpaired) electrons. The monoisotopic (exact) mass is 379 g/mol. The van der Waals surface area contributed by atoms with Gasteiger partial charge in [-0.05, 0) is 37.6 Å². The minimum atomic E-state index is 0.0177. The molecule has 1 fully saturated rings. The summed E-state index contributed by atoms with van der Waals surface area (Å²) in [4.78, 5) is 19.3. The van der Waals surface area contributed by atoms with E-state index in [9.17, 15) is 4.79 Å². The number of benzene rings is 2. The van der Waals surface area contributed by atoms with E-state index in [1.807, 2.05) is 48.5 Å². The van der Waals surface area contributed by atoms with Gasteiger partial charge in [0.15, 0.2) is 11.5 Å². The zero-order valence-electron chi connectivity index (χ0n) is 16.1. The molecule has 1 atom stereocenters. The number of piperidine rings is 1. The molecule has 6 heteroatoms. The number of hydrogen-bond donors (Lipinski definition) is 1. The van der Waals surface area contributed by atoms with Gasteiger partial charge in [0.25, 0.3) is 0 Å². The van der Waals surface area contributed by atoms with Crippen molar-refractivity contribution in [3.05, 3.63) is 60.0 Å². The number of amides is 1. The van der Waals surface area contributed by atoms with Gasteiger partial charge in [0.05, 0.1) is 13.7 Å². The molecular weight excluding hydrogens is 354 g/mol. The molecule has 28 heavy (non-hydrogen) atoms. The summed E-state index contributed by atoms with van der Waals surface area (Å²) in [5.74, 6) is 1.81. The summed E-state index contributed by atoms with van der Waals surface area (Å²) < 4.78 is 11.3. The van der Waals surface area contributed by atoms with Gasteiger partial charge in [-0.1, -0.05) is 30.3 Å². The van der Waals surface area contributed by atoms with Gasteiger partial charge in [-0.15, -0.1) is 0 Å². The second-order valence-electron chi connectivity index (χ2n) is 7.18. The number of rotatable bonds is 6. The number of nitrogens with one attached hydrogen (secondary N) is 1. The Bertz CT molecular complexity index is 920. The molecule has 1 aliphatic heterocycles. The van der Waals surface area contributed by atoms with Gasteiger partial charge in [0, 0.05) is 24.6 Å². The Kier molecular flexibility index (Phi) is 5.58. The van der Waals surface area contributed by atoms with Crippen LogP contribution in [0.1, 0.15) is 30.2 Å². The van der Waals surface area contributed by atoms with Crippen LogP contribution < -0.4 is 10.1 Å². The first kappa shape index (κ1) is 18.5. The highest BCUT2D eigenvalue weighted by atomic mass is 16.5. The number of carbonyl (C=O) groups is 1. The third-order valence-electron chi connectivity index (χ3n) is 5.20. The number of carbonyl (C=O) groups excluding carboxylic acids is 1. The van der Waals surface area contributed by atoms with Crippen LogP contribution in [-0.2, 0) is 11.3 Å². The maximum atomic E-state index is 12.4. The molecule has 2 aromatic carbocycles. The van der Waals surface area contributed by atoms with Crippen LogP contribution in [0.4, 0.5) is 0 Å². The molecule has 0 saturated carbocycles. The number of fused-ring (bicyclic) bond motifs is 1. The number of likely N-dealkylation sites (tertiary alicyclic amines) is 1. The van der Waals surface area contributed by atoms with E-state index in [0.29, 0.717) is 13.1 Å². The zero-order valence-corrected chi connectivity index (χ0v) is 16.1. The average molecular weight is 379 g/mol. The van der Waals surface area contributed by atoms with Crippen molar-refractivity contribution in [1.82, 2.24) is 15.2 Å². The first-order chi connectivity index (χ1) is 13.7. The van der Waals surface area contributed by atoms with Gasteiger partial charge in [-0.25, -0.2) is 4.98 Å². The van der Waals surface area contributed by atoms with E-state index in [-0.39, 0.29) is 11.8 Å². The molecule has 3 aromatic rings. The largest absolute Gasteiger partial charge is 0.496 e. The zero-order chi connectivity index (χ0) is 19.3. The van der Waals surface area contributed by atoms with E-state index < -0.39 is 0 Å². The van der Waals surface area contributed by atoms with Crippen molar-refractivity contribution >= 4 is 17.0 Å². The number of para-hydroxylation sites is 3. The molecule has 0 unspecified atom stereocenters. The van der Waals surface area contributed by atoms with E-state index >= 15 is 0 Å². The van der Waals surface area contributed by atoms with Crippen LogP contribution in [0.25, 0.3) is 11.1 Å². The summed E-state index contributed by atoms with van der Waals surface area (Å²) in [7, 11) is 1.64. The molecule has 4 rings (SSSR count). The lowest BCUT2D eigenvalue weighted by Gasteiger charge is -2.30. The molecule has 1 saturated heterocycles. The standard InChI is InChI=1S/C22H25N3O3/c1-27-19-10-4-2-7-16(19)13-23-21(26)15-25-12-6-8-17(14-25)22-24-18-9-3-5-11-20(18)28-22/h2-5,7,9-11,17H,6,8,12-15H2,1H3,(H,23,26)/t17-/m0/s1. The SMILES string of the molecule is COc1ccccc1CNC(=O)CN1CCC[C@H](c2nc3ccccc3o2)C1. The Morgan fingerprint density at radius 2 is 2.07 bits per heavy atom. The van der Waals surface area contributed by atoms with Crippen molar-refractivity contribution in [1.29, 1.82) is 0 Å². The predicted molar refractivity (Wildman–Crippen MR) is 107 cm³/mol. The molecule has 0 aliphatic carbocycles. The molecule has 0 spiro atoms. The second-order valence-corrected chi connectivity index (χ2v) is 7.18. The summed E-state index contributed by atoms with van der Waals surface area (Å²) >= 11 is 0. The summed E-state index contributed by atoms with van der Waals surface area (Å²) in [6.07, 6.45) is 2.06. The molecule has 1 aromatic heterocycles. The molecule has 0 bridgehead atoms. The highest BCUT2D eigenvalue weighted by Crippen LogP contribution is 2.28. The first-order valence-corrected chi connectivity index (χ1v) is 9.69. The van der Waals surface area contributed by atoms with Crippen molar-refractivity contribution in [3.8, 4) is 5.75 Å². The van der Waals surface area contributed by atoms with Crippen LogP contribution in [0.3, 0.4) is 0 Å². The van der Waals surface area contributed by atoms with Gasteiger partial charge >= 0.3 is 0 Å². The van der Waals surface area contributed by atoms with Crippen LogP contribution in [0.5, 0.6) is 5.75 Å². The summed E-state index contributed by atoms with van der Waals surface area (Å²) in [6, 6.07) is 15.6. The Labute approximate surface area is 164 Å². The number of hydrogen-bond acceptors (Lipinski definition) is 5. The average Bonchev–Trinajstić information content (AvgIpc) is 3.17. The van der Waals surface area contributed by atoms with Crippen molar-refractivity contribution in [2.45, 2.75) is 25.3 Å². The number of methoxy groups -OCH3 is 1. The van der Waals surface area contributed by atoms with Crippen LogP contribution >= 0.6 is 0 Å².